The summed E-state index contributed by atoms with van der Waals surface area (Å²) in [5.74, 6) is -0.922. The summed E-state index contributed by atoms with van der Waals surface area (Å²) in [6, 6.07) is 4.85. The maximum atomic E-state index is 12.2. The summed E-state index contributed by atoms with van der Waals surface area (Å²) in [7, 11) is 1.25. The molecule has 1 aliphatic rings. The number of esters is 1. The van der Waals surface area contributed by atoms with Gasteiger partial charge in [0, 0.05) is 18.7 Å². The lowest BCUT2D eigenvalue weighted by molar-refractivity contribution is -0.139. The van der Waals surface area contributed by atoms with E-state index in [1.165, 1.54) is 7.11 Å². The molecule has 0 bridgehead atoms. The number of nitrogens with two attached hydrogens (primary N) is 1. The molecule has 1 aromatic rings. The third kappa shape index (κ3) is 6.04. The van der Waals surface area contributed by atoms with E-state index in [9.17, 15) is 14.4 Å². The minimum Gasteiger partial charge on any atom is -0.468 e. The van der Waals surface area contributed by atoms with E-state index in [-0.39, 0.29) is 12.6 Å². The molecule has 0 aliphatic carbocycles. The lowest BCUT2D eigenvalue weighted by atomic mass is 10.1. The maximum absolute atomic E-state index is 12.2. The van der Waals surface area contributed by atoms with Crippen molar-refractivity contribution in [1.29, 1.82) is 0 Å². The molecule has 9 heteroatoms. The first-order valence-corrected chi connectivity index (χ1v) is 9.08. The second-order valence-corrected chi connectivity index (χ2v) is 7.61. The van der Waals surface area contributed by atoms with Gasteiger partial charge in [-0.2, -0.15) is 0 Å². The lowest BCUT2D eigenvalue weighted by Gasteiger charge is -2.23. The van der Waals surface area contributed by atoms with Crippen LogP contribution >= 0.6 is 0 Å². The summed E-state index contributed by atoms with van der Waals surface area (Å²) in [5.41, 5.74) is 7.15. The smallest absolute Gasteiger partial charge is 0.407 e. The zero-order valence-electron chi connectivity index (χ0n) is 16.7. The Morgan fingerprint density at radius 3 is 2.64 bits per heavy atom. The van der Waals surface area contributed by atoms with Gasteiger partial charge < -0.3 is 30.7 Å². The number of nitrogens with zero attached hydrogens (tertiary/aromatic N) is 1. The Hall–Kier alpha value is -2.97. The Kier molecular flexibility index (Phi) is 6.71. The van der Waals surface area contributed by atoms with Crippen molar-refractivity contribution in [2.45, 2.75) is 38.8 Å². The second-order valence-electron chi connectivity index (χ2n) is 7.61. The Morgan fingerprint density at radius 2 is 2.00 bits per heavy atom. The molecule has 2 rings (SSSR count). The van der Waals surface area contributed by atoms with Crippen molar-refractivity contribution in [3.8, 4) is 0 Å². The zero-order valence-corrected chi connectivity index (χ0v) is 16.7. The molecule has 1 atom stereocenters. The van der Waals surface area contributed by atoms with Crippen molar-refractivity contribution in [1.82, 2.24) is 10.6 Å². The van der Waals surface area contributed by atoms with Crippen LogP contribution in [0.3, 0.4) is 0 Å². The van der Waals surface area contributed by atoms with Crippen LogP contribution in [0.5, 0.6) is 0 Å². The molecular weight excluding hydrogens is 364 g/mol. The average Bonchev–Trinajstić information content (AvgIpc) is 3.06. The summed E-state index contributed by atoms with van der Waals surface area (Å²) < 4.78 is 9.79. The number of methoxy groups -OCH3 is 1. The van der Waals surface area contributed by atoms with Gasteiger partial charge in [0.2, 0.25) is 0 Å². The fourth-order valence-electron chi connectivity index (χ4n) is 2.86. The normalized spacial score (nSPS) is 16.4. The van der Waals surface area contributed by atoms with E-state index >= 15 is 0 Å². The topological polar surface area (TPSA) is 123 Å². The third-order valence-electron chi connectivity index (χ3n) is 4.16. The number of carbonyl (C=O) groups excluding carboxylic acids is 3. The first-order valence-electron chi connectivity index (χ1n) is 9.08. The highest BCUT2D eigenvalue weighted by molar-refractivity contribution is 5.97. The molecule has 2 amide bonds. The van der Waals surface area contributed by atoms with Gasteiger partial charge in [-0.05, 0) is 45.4 Å². The molecule has 0 spiro atoms. The quantitative estimate of drug-likeness (QED) is 0.509. The standard InChI is InChI=1S/C19H28N4O5/c1-19(2,3)28-18(26)22-13-7-8-23(11-13)15-9-12(5-6-14(15)20)17(25)21-10-16(24)27-4/h5-6,9,13H,7-8,10-11,20H2,1-4H3,(H,21,25)(H,22,26)/t13-/m1/s1. The number of anilines is 2. The van der Waals surface area contributed by atoms with Crippen LogP contribution in [0, 0.1) is 0 Å². The van der Waals surface area contributed by atoms with Crippen molar-refractivity contribution in [2.24, 2.45) is 0 Å². The highest BCUT2D eigenvalue weighted by Gasteiger charge is 2.27. The fraction of sp³-hybridized carbons (Fsp3) is 0.526. The molecule has 28 heavy (non-hydrogen) atoms. The molecule has 0 radical (unpaired) electrons. The van der Waals surface area contributed by atoms with E-state index in [0.29, 0.717) is 30.0 Å². The van der Waals surface area contributed by atoms with Gasteiger partial charge in [0.15, 0.2) is 0 Å². The highest BCUT2D eigenvalue weighted by atomic mass is 16.6. The summed E-state index contributed by atoms with van der Waals surface area (Å²) in [4.78, 5) is 37.4. The van der Waals surface area contributed by atoms with Gasteiger partial charge in [-0.15, -0.1) is 0 Å². The van der Waals surface area contributed by atoms with Crippen LogP contribution in [0.1, 0.15) is 37.6 Å². The molecule has 4 N–H and O–H groups in total. The molecule has 1 aromatic carbocycles. The Labute approximate surface area is 164 Å². The van der Waals surface area contributed by atoms with Crippen LogP contribution in [-0.4, -0.2) is 56.4 Å². The van der Waals surface area contributed by atoms with Crippen molar-refractivity contribution < 1.29 is 23.9 Å². The number of nitrogen functional groups attached to an aromatic ring is 1. The second kappa shape index (κ2) is 8.81. The van der Waals surface area contributed by atoms with E-state index in [4.69, 9.17) is 10.5 Å². The Morgan fingerprint density at radius 1 is 1.29 bits per heavy atom. The van der Waals surface area contributed by atoms with Gasteiger partial charge in [0.05, 0.1) is 24.5 Å². The monoisotopic (exact) mass is 392 g/mol. The molecular formula is C19H28N4O5. The van der Waals surface area contributed by atoms with Crippen molar-refractivity contribution in [3.05, 3.63) is 23.8 Å². The number of alkyl carbamates (subject to hydrolysis) is 1. The minimum atomic E-state index is -0.557. The minimum absolute atomic E-state index is 0.0777. The fourth-order valence-corrected chi connectivity index (χ4v) is 2.86. The highest BCUT2D eigenvalue weighted by Crippen LogP contribution is 2.28. The molecule has 1 heterocycles. The van der Waals surface area contributed by atoms with Crippen LogP contribution in [0.4, 0.5) is 16.2 Å². The number of benzene rings is 1. The molecule has 0 aromatic heterocycles. The predicted octanol–water partition coefficient (Wildman–Crippen LogP) is 1.27. The lowest BCUT2D eigenvalue weighted by Crippen LogP contribution is -2.40. The van der Waals surface area contributed by atoms with Crippen molar-refractivity contribution in [2.75, 3.05) is 37.4 Å². The third-order valence-corrected chi connectivity index (χ3v) is 4.16. The van der Waals surface area contributed by atoms with Crippen molar-refractivity contribution in [3.63, 3.8) is 0 Å². The van der Waals surface area contributed by atoms with Crippen LogP contribution in [0.15, 0.2) is 18.2 Å². The molecule has 1 fully saturated rings. The zero-order chi connectivity index (χ0) is 20.9. The van der Waals surface area contributed by atoms with E-state index < -0.39 is 23.6 Å². The van der Waals surface area contributed by atoms with Gasteiger partial charge in [-0.25, -0.2) is 4.79 Å². The number of hydrogen-bond acceptors (Lipinski definition) is 7. The summed E-state index contributed by atoms with van der Waals surface area (Å²) in [5, 5.41) is 5.35. The molecule has 1 aliphatic heterocycles. The maximum Gasteiger partial charge on any atom is 0.407 e. The largest absolute Gasteiger partial charge is 0.468 e. The summed E-state index contributed by atoms with van der Waals surface area (Å²) in [6.45, 7) is 6.45. The van der Waals surface area contributed by atoms with E-state index in [1.807, 2.05) is 25.7 Å². The van der Waals surface area contributed by atoms with E-state index in [2.05, 4.69) is 15.4 Å². The number of ether oxygens (including phenoxy) is 2. The molecule has 1 saturated heterocycles. The van der Waals surface area contributed by atoms with Crippen LogP contribution in [0.25, 0.3) is 0 Å². The van der Waals surface area contributed by atoms with Crippen LogP contribution in [0.2, 0.25) is 0 Å². The first kappa shape index (κ1) is 21.3. The van der Waals surface area contributed by atoms with Gasteiger partial charge in [0.25, 0.3) is 5.91 Å². The summed E-state index contributed by atoms with van der Waals surface area (Å²) in [6.07, 6.45) is 0.278. The van der Waals surface area contributed by atoms with E-state index in [0.717, 1.165) is 6.42 Å². The van der Waals surface area contributed by atoms with Crippen LogP contribution in [-0.2, 0) is 14.3 Å². The van der Waals surface area contributed by atoms with Gasteiger partial charge in [0.1, 0.15) is 12.1 Å². The van der Waals surface area contributed by atoms with Crippen LogP contribution < -0.4 is 21.3 Å². The number of carbonyl (C=O) groups is 3. The Balaban J connectivity index is 2.00. The predicted molar refractivity (Wildman–Crippen MR) is 105 cm³/mol. The van der Waals surface area contributed by atoms with Crippen molar-refractivity contribution >= 4 is 29.3 Å². The van der Waals surface area contributed by atoms with Gasteiger partial charge in [-0.3, -0.25) is 9.59 Å². The van der Waals surface area contributed by atoms with Gasteiger partial charge >= 0.3 is 12.1 Å². The molecule has 154 valence electrons. The van der Waals surface area contributed by atoms with E-state index in [1.54, 1.807) is 18.2 Å². The summed E-state index contributed by atoms with van der Waals surface area (Å²) >= 11 is 0. The number of nitrogens with one attached hydrogen (secondary N) is 2. The Bertz CT molecular complexity index is 744. The SMILES string of the molecule is COC(=O)CNC(=O)c1ccc(N)c(N2CC[C@@H](NC(=O)OC(C)(C)C)C2)c1. The number of hydrogen-bond donors (Lipinski definition) is 3. The number of amides is 2. The average molecular weight is 392 g/mol. The number of rotatable bonds is 5. The first-order chi connectivity index (χ1) is 13.1. The molecule has 0 saturated carbocycles. The molecule has 0 unspecified atom stereocenters. The molecule has 9 nitrogen and oxygen atoms in total. The van der Waals surface area contributed by atoms with Gasteiger partial charge in [-0.1, -0.05) is 0 Å².